The van der Waals surface area contributed by atoms with Gasteiger partial charge in [-0.1, -0.05) is 28.1 Å². The van der Waals surface area contributed by atoms with Gasteiger partial charge in [0.15, 0.2) is 11.5 Å². The minimum Gasteiger partial charge on any atom is -0.493 e. The van der Waals surface area contributed by atoms with E-state index < -0.39 is 12.0 Å². The number of nitrogens with zero attached hydrogens (tertiary/aromatic N) is 3. The number of rotatable bonds is 6. The Bertz CT molecular complexity index is 1210. The average Bonchev–Trinajstić information content (AvgIpc) is 3.26. The summed E-state index contributed by atoms with van der Waals surface area (Å²) < 4.78 is 24.0. The number of allylic oxidation sites excluding steroid dienone is 1. The lowest BCUT2D eigenvalue weighted by molar-refractivity contribution is 0.0586. The summed E-state index contributed by atoms with van der Waals surface area (Å²) in [6.45, 7) is 0. The third-order valence-electron chi connectivity index (χ3n) is 5.02. The van der Waals surface area contributed by atoms with E-state index in [2.05, 4.69) is 31.3 Å². The molecule has 10 heteroatoms. The highest BCUT2D eigenvalue weighted by Crippen LogP contribution is 2.45. The van der Waals surface area contributed by atoms with E-state index in [0.717, 1.165) is 21.3 Å². The summed E-state index contributed by atoms with van der Waals surface area (Å²) in [4.78, 5) is 16.4. The number of esters is 1. The number of hydrogen-bond donors (Lipinski definition) is 1. The highest BCUT2D eigenvalue weighted by Gasteiger charge is 2.31. The van der Waals surface area contributed by atoms with Gasteiger partial charge in [0.1, 0.15) is 6.04 Å². The quantitative estimate of drug-likeness (QED) is 0.508. The molecule has 0 spiro atoms. The van der Waals surface area contributed by atoms with Crippen molar-refractivity contribution in [3.8, 4) is 17.2 Å². The number of methoxy groups -OCH3 is 4. The van der Waals surface area contributed by atoms with Crippen molar-refractivity contribution >= 4 is 33.5 Å². The molecule has 0 saturated carbocycles. The van der Waals surface area contributed by atoms with E-state index in [1.807, 2.05) is 36.4 Å². The van der Waals surface area contributed by atoms with Crippen LogP contribution in [0.4, 0.5) is 5.95 Å². The lowest BCUT2D eigenvalue weighted by Crippen LogP contribution is -2.21. The Balaban J connectivity index is 1.92. The van der Waals surface area contributed by atoms with Gasteiger partial charge >= 0.3 is 5.97 Å². The topological polar surface area (TPSA) is 96.7 Å². The summed E-state index contributed by atoms with van der Waals surface area (Å²) in [5.74, 6) is 1.19. The molecule has 1 aliphatic heterocycles. The molecule has 1 N–H and O–H groups in total. The lowest BCUT2D eigenvalue weighted by atomic mass is 10.00. The van der Waals surface area contributed by atoms with Gasteiger partial charge in [0.2, 0.25) is 11.7 Å². The Morgan fingerprint density at radius 1 is 1.06 bits per heavy atom. The highest BCUT2D eigenvalue weighted by atomic mass is 79.9. The molecule has 1 aromatic heterocycles. The summed E-state index contributed by atoms with van der Waals surface area (Å²) in [5.41, 5.74) is 2.48. The number of anilines is 1. The zero-order valence-electron chi connectivity index (χ0n) is 17.9. The molecule has 0 aliphatic carbocycles. The van der Waals surface area contributed by atoms with Crippen LogP contribution in [0.5, 0.6) is 17.2 Å². The second-order valence-electron chi connectivity index (χ2n) is 6.78. The van der Waals surface area contributed by atoms with Gasteiger partial charge in [-0.25, -0.2) is 9.48 Å². The number of carbonyl (C=O) groups is 1. The van der Waals surface area contributed by atoms with Crippen molar-refractivity contribution < 1.29 is 23.7 Å². The second-order valence-corrected chi connectivity index (χ2v) is 7.69. The first kappa shape index (κ1) is 21.7. The summed E-state index contributed by atoms with van der Waals surface area (Å²) in [6, 6.07) is 11.0. The number of benzene rings is 2. The number of nitrogens with one attached hydrogen (secondary N) is 1. The van der Waals surface area contributed by atoms with Crippen LogP contribution in [0.25, 0.3) is 5.70 Å². The zero-order chi connectivity index (χ0) is 22.8. The van der Waals surface area contributed by atoms with Gasteiger partial charge in [-0.05, 0) is 35.9 Å². The number of carbonyl (C=O) groups excluding carboxylic acids is 1. The van der Waals surface area contributed by atoms with Crippen molar-refractivity contribution in [2.24, 2.45) is 0 Å². The Labute approximate surface area is 193 Å². The first-order chi connectivity index (χ1) is 15.5. The first-order valence-electron chi connectivity index (χ1n) is 9.59. The number of halogens is 1. The molecule has 0 saturated heterocycles. The fraction of sp³-hybridized carbons (Fsp3) is 0.227. The maximum atomic E-state index is 12.1. The Morgan fingerprint density at radius 3 is 2.50 bits per heavy atom. The van der Waals surface area contributed by atoms with Crippen LogP contribution in [-0.2, 0) is 4.74 Å². The fourth-order valence-corrected chi connectivity index (χ4v) is 3.97. The maximum absolute atomic E-state index is 12.1. The highest BCUT2D eigenvalue weighted by molar-refractivity contribution is 9.10. The molecule has 2 heterocycles. The van der Waals surface area contributed by atoms with Gasteiger partial charge in [-0.15, -0.1) is 5.10 Å². The molecule has 3 aromatic rings. The monoisotopic (exact) mass is 500 g/mol. The maximum Gasteiger partial charge on any atom is 0.378 e. The van der Waals surface area contributed by atoms with Gasteiger partial charge in [-0.2, -0.15) is 4.98 Å². The van der Waals surface area contributed by atoms with Gasteiger partial charge in [0.25, 0.3) is 5.82 Å². The van der Waals surface area contributed by atoms with Crippen LogP contribution in [0.3, 0.4) is 0 Å². The third kappa shape index (κ3) is 3.77. The van der Waals surface area contributed by atoms with Crippen LogP contribution in [0, 0.1) is 0 Å². The van der Waals surface area contributed by atoms with E-state index in [9.17, 15) is 4.79 Å². The Morgan fingerprint density at radius 2 is 1.84 bits per heavy atom. The van der Waals surface area contributed by atoms with E-state index in [-0.39, 0.29) is 5.82 Å². The van der Waals surface area contributed by atoms with E-state index in [1.54, 1.807) is 32.1 Å². The van der Waals surface area contributed by atoms with Crippen LogP contribution in [0.2, 0.25) is 0 Å². The number of aromatic nitrogens is 3. The van der Waals surface area contributed by atoms with Crippen molar-refractivity contribution in [3.63, 3.8) is 0 Å². The standard InChI is InChI=1S/C22H21BrN4O5/c1-29-17-9-8-14(18(30-2)19(17)31-3)16-11-15(12-6-5-7-13(23)10-12)24-22-25-20(21(28)32-4)26-27(16)22/h5-11,16H,1-4H3,(H,24,25,26)/t16-/m1/s1. The minimum atomic E-state index is -0.629. The molecule has 9 nitrogen and oxygen atoms in total. The Kier molecular flexibility index (Phi) is 6.04. The van der Waals surface area contributed by atoms with E-state index in [4.69, 9.17) is 18.9 Å². The van der Waals surface area contributed by atoms with Gasteiger partial charge in [0.05, 0.1) is 28.4 Å². The Hall–Kier alpha value is -3.53. The van der Waals surface area contributed by atoms with Crippen molar-refractivity contribution in [2.45, 2.75) is 6.04 Å². The van der Waals surface area contributed by atoms with E-state index in [0.29, 0.717) is 23.2 Å². The summed E-state index contributed by atoms with van der Waals surface area (Å²) in [5, 5.41) is 7.64. The normalized spacial score (nSPS) is 14.7. The van der Waals surface area contributed by atoms with Crippen LogP contribution in [0.15, 0.2) is 46.9 Å². The molecule has 0 bridgehead atoms. The van der Waals surface area contributed by atoms with E-state index >= 15 is 0 Å². The number of fused-ring (bicyclic) bond motifs is 1. The molecule has 0 fully saturated rings. The van der Waals surface area contributed by atoms with Crippen LogP contribution >= 0.6 is 15.9 Å². The minimum absolute atomic E-state index is 0.0525. The molecule has 2 aromatic carbocycles. The number of ether oxygens (including phenoxy) is 4. The molecular weight excluding hydrogens is 480 g/mol. The molecule has 0 unspecified atom stereocenters. The molecular formula is C22H21BrN4O5. The average molecular weight is 501 g/mol. The van der Waals surface area contributed by atoms with Crippen molar-refractivity contribution in [3.05, 3.63) is 63.9 Å². The van der Waals surface area contributed by atoms with Crippen LogP contribution in [-0.4, -0.2) is 49.2 Å². The smallest absolute Gasteiger partial charge is 0.378 e. The van der Waals surface area contributed by atoms with Gasteiger partial charge in [-0.3, -0.25) is 0 Å². The fourth-order valence-electron chi connectivity index (χ4n) is 3.57. The lowest BCUT2D eigenvalue weighted by Gasteiger charge is -2.26. The zero-order valence-corrected chi connectivity index (χ0v) is 19.5. The molecule has 0 radical (unpaired) electrons. The van der Waals surface area contributed by atoms with Crippen molar-refractivity contribution in [1.29, 1.82) is 0 Å². The van der Waals surface area contributed by atoms with Crippen LogP contribution < -0.4 is 19.5 Å². The predicted octanol–water partition coefficient (Wildman–Crippen LogP) is 3.91. The number of hydrogen-bond acceptors (Lipinski definition) is 8. The predicted molar refractivity (Wildman–Crippen MR) is 121 cm³/mol. The van der Waals surface area contributed by atoms with Gasteiger partial charge < -0.3 is 24.3 Å². The SMILES string of the molecule is COC(=O)c1nc2n(n1)[C@@H](c1ccc(OC)c(OC)c1OC)C=C(c1cccc(Br)c1)N2. The third-order valence-corrected chi connectivity index (χ3v) is 5.52. The molecule has 32 heavy (non-hydrogen) atoms. The summed E-state index contributed by atoms with van der Waals surface area (Å²) in [6.07, 6.45) is 1.98. The molecule has 0 amide bonds. The molecule has 4 rings (SSSR count). The molecule has 1 aliphatic rings. The van der Waals surface area contributed by atoms with Crippen molar-refractivity contribution in [2.75, 3.05) is 33.8 Å². The summed E-state index contributed by atoms with van der Waals surface area (Å²) in [7, 11) is 5.95. The van der Waals surface area contributed by atoms with Crippen LogP contribution in [0.1, 0.15) is 27.8 Å². The largest absolute Gasteiger partial charge is 0.493 e. The van der Waals surface area contributed by atoms with Gasteiger partial charge in [0, 0.05) is 15.7 Å². The summed E-state index contributed by atoms with van der Waals surface area (Å²) >= 11 is 3.51. The van der Waals surface area contributed by atoms with Crippen molar-refractivity contribution in [1.82, 2.24) is 14.8 Å². The first-order valence-corrected chi connectivity index (χ1v) is 10.4. The molecule has 1 atom stereocenters. The molecule has 166 valence electrons. The van der Waals surface area contributed by atoms with E-state index in [1.165, 1.54) is 7.11 Å². The second kappa shape index (κ2) is 8.91.